The van der Waals surface area contributed by atoms with Crippen molar-refractivity contribution in [1.82, 2.24) is 0 Å². The normalized spacial score (nSPS) is 10.6. The molecule has 3 heteroatoms. The first-order chi connectivity index (χ1) is 6.22. The molecular weight excluding hydrogens is 180 g/mol. The topological polar surface area (TPSA) is 35.5 Å². The van der Waals surface area contributed by atoms with Crippen molar-refractivity contribution in [2.75, 3.05) is 14.2 Å². The molecule has 0 aliphatic rings. The van der Waals surface area contributed by atoms with Gasteiger partial charge in [-0.2, -0.15) is 0 Å². The molecule has 0 fully saturated rings. The van der Waals surface area contributed by atoms with Crippen molar-refractivity contribution in [1.29, 1.82) is 0 Å². The molecule has 0 heterocycles. The molecule has 0 saturated heterocycles. The molecule has 0 amide bonds. The third kappa shape index (κ3) is 17.5. The van der Waals surface area contributed by atoms with Gasteiger partial charge in [0.1, 0.15) is 0 Å². The largest absolute Gasteiger partial charge is 0.469 e. The maximum Gasteiger partial charge on any atom is 0.305 e. The summed E-state index contributed by atoms with van der Waals surface area (Å²) < 4.78 is 9.36. The van der Waals surface area contributed by atoms with E-state index in [1.165, 1.54) is 7.11 Å². The van der Waals surface area contributed by atoms with Gasteiger partial charge in [-0.1, -0.05) is 13.8 Å². The molecule has 0 aromatic rings. The number of hydrogen-bond acceptors (Lipinski definition) is 3. The van der Waals surface area contributed by atoms with Crippen molar-refractivity contribution < 1.29 is 14.3 Å². The first kappa shape index (κ1) is 15.9. The molecule has 86 valence electrons. The van der Waals surface area contributed by atoms with Crippen LogP contribution in [0.15, 0.2) is 0 Å². The van der Waals surface area contributed by atoms with Crippen LogP contribution in [0.1, 0.15) is 41.0 Å². The molecule has 0 spiro atoms. The van der Waals surface area contributed by atoms with Crippen molar-refractivity contribution in [3.05, 3.63) is 0 Å². The average molecular weight is 204 g/mol. The second-order valence-electron chi connectivity index (χ2n) is 4.49. The molecular formula is C11H24O3. The Morgan fingerprint density at radius 3 is 1.64 bits per heavy atom. The maximum atomic E-state index is 10.4. The number of rotatable bonds is 2. The van der Waals surface area contributed by atoms with Gasteiger partial charge >= 0.3 is 5.97 Å². The fraction of sp³-hybridized carbons (Fsp3) is 0.909. The Hall–Kier alpha value is -0.570. The fourth-order valence-corrected chi connectivity index (χ4v) is 0.417. The van der Waals surface area contributed by atoms with Crippen molar-refractivity contribution in [3.8, 4) is 0 Å². The summed E-state index contributed by atoms with van der Waals surface area (Å²) in [7, 11) is 3.12. The highest BCUT2D eigenvalue weighted by molar-refractivity contribution is 5.69. The van der Waals surface area contributed by atoms with Gasteiger partial charge in [-0.05, 0) is 26.7 Å². The third-order valence-corrected chi connectivity index (χ3v) is 1.41. The molecule has 0 aliphatic heterocycles. The minimum absolute atomic E-state index is 0.0417. The van der Waals surface area contributed by atoms with Crippen molar-refractivity contribution in [2.45, 2.75) is 46.6 Å². The minimum atomic E-state index is -0.125. The summed E-state index contributed by atoms with van der Waals surface area (Å²) in [5.74, 6) is 0.280. The molecule has 3 nitrogen and oxygen atoms in total. The van der Waals surface area contributed by atoms with Gasteiger partial charge < -0.3 is 9.47 Å². The lowest BCUT2D eigenvalue weighted by molar-refractivity contribution is -0.141. The van der Waals surface area contributed by atoms with Gasteiger partial charge in [0.05, 0.1) is 12.7 Å². The minimum Gasteiger partial charge on any atom is -0.469 e. The molecule has 0 radical (unpaired) electrons. The smallest absolute Gasteiger partial charge is 0.305 e. The van der Waals surface area contributed by atoms with Crippen LogP contribution in [-0.2, 0) is 14.3 Å². The van der Waals surface area contributed by atoms with Crippen LogP contribution in [0.4, 0.5) is 0 Å². The van der Waals surface area contributed by atoms with E-state index in [-0.39, 0.29) is 11.6 Å². The highest BCUT2D eigenvalue weighted by atomic mass is 16.5. The molecule has 0 rings (SSSR count). The highest BCUT2D eigenvalue weighted by Crippen LogP contribution is 2.02. The van der Waals surface area contributed by atoms with Gasteiger partial charge in [0.15, 0.2) is 0 Å². The van der Waals surface area contributed by atoms with Crippen molar-refractivity contribution >= 4 is 5.97 Å². The Labute approximate surface area is 87.8 Å². The van der Waals surface area contributed by atoms with E-state index in [2.05, 4.69) is 4.74 Å². The monoisotopic (exact) mass is 204 g/mol. The molecule has 0 unspecified atom stereocenters. The number of ether oxygens (including phenoxy) is 2. The zero-order valence-electron chi connectivity index (χ0n) is 10.5. The van der Waals surface area contributed by atoms with Crippen LogP contribution in [0.25, 0.3) is 0 Å². The van der Waals surface area contributed by atoms with Gasteiger partial charge in [-0.15, -0.1) is 0 Å². The van der Waals surface area contributed by atoms with Gasteiger partial charge in [0.2, 0.25) is 0 Å². The molecule has 0 N–H and O–H groups in total. The van der Waals surface area contributed by atoms with Gasteiger partial charge in [-0.25, -0.2) is 0 Å². The second kappa shape index (κ2) is 7.80. The quantitative estimate of drug-likeness (QED) is 0.649. The van der Waals surface area contributed by atoms with E-state index in [4.69, 9.17) is 4.74 Å². The summed E-state index contributed by atoms with van der Waals surface area (Å²) in [6.07, 6.45) is 0.524. The van der Waals surface area contributed by atoms with Crippen molar-refractivity contribution in [2.24, 2.45) is 5.92 Å². The molecule has 14 heavy (non-hydrogen) atoms. The van der Waals surface area contributed by atoms with Crippen LogP contribution in [0.3, 0.4) is 0 Å². The molecule has 0 aliphatic carbocycles. The van der Waals surface area contributed by atoms with E-state index in [0.717, 1.165) is 0 Å². The third-order valence-electron chi connectivity index (χ3n) is 1.41. The number of hydrogen-bond donors (Lipinski definition) is 0. The average Bonchev–Trinajstić information content (AvgIpc) is 2.03. The van der Waals surface area contributed by atoms with E-state index >= 15 is 0 Å². The van der Waals surface area contributed by atoms with E-state index in [1.807, 2.05) is 34.6 Å². The van der Waals surface area contributed by atoms with Crippen LogP contribution in [0.2, 0.25) is 0 Å². The predicted molar refractivity (Wildman–Crippen MR) is 58.2 cm³/mol. The Morgan fingerprint density at radius 2 is 1.57 bits per heavy atom. The molecule has 0 saturated carbocycles. The van der Waals surface area contributed by atoms with E-state index in [0.29, 0.717) is 12.3 Å². The number of carbonyl (C=O) groups is 1. The molecule has 0 aromatic carbocycles. The molecule has 0 bridgehead atoms. The van der Waals surface area contributed by atoms with E-state index < -0.39 is 0 Å². The number of esters is 1. The maximum absolute atomic E-state index is 10.4. The summed E-state index contributed by atoms with van der Waals surface area (Å²) in [6, 6.07) is 0. The first-order valence-electron chi connectivity index (χ1n) is 4.85. The Morgan fingerprint density at radius 1 is 1.21 bits per heavy atom. The zero-order valence-corrected chi connectivity index (χ0v) is 10.5. The Kier molecular flexibility index (Phi) is 8.85. The van der Waals surface area contributed by atoms with Crippen molar-refractivity contribution in [3.63, 3.8) is 0 Å². The van der Waals surface area contributed by atoms with Crippen LogP contribution < -0.4 is 0 Å². The summed E-state index contributed by atoms with van der Waals surface area (Å²) in [5, 5.41) is 0. The second-order valence-corrected chi connectivity index (χ2v) is 4.49. The number of carbonyl (C=O) groups excluding carboxylic acids is 1. The van der Waals surface area contributed by atoms with Gasteiger partial charge in [0, 0.05) is 13.5 Å². The first-order valence-corrected chi connectivity index (χ1v) is 4.85. The summed E-state index contributed by atoms with van der Waals surface area (Å²) in [4.78, 5) is 10.4. The van der Waals surface area contributed by atoms with Crippen LogP contribution in [-0.4, -0.2) is 25.8 Å². The molecule has 0 atom stereocenters. The summed E-state index contributed by atoms with van der Waals surface area (Å²) >= 11 is 0. The van der Waals surface area contributed by atoms with Crippen LogP contribution >= 0.6 is 0 Å². The van der Waals surface area contributed by atoms with Gasteiger partial charge in [-0.3, -0.25) is 4.79 Å². The summed E-state index contributed by atoms with van der Waals surface area (Å²) in [5.41, 5.74) is 0.0417. The lowest BCUT2D eigenvalue weighted by Crippen LogP contribution is -2.15. The lowest BCUT2D eigenvalue weighted by Gasteiger charge is -2.14. The predicted octanol–water partition coefficient (Wildman–Crippen LogP) is 2.64. The highest BCUT2D eigenvalue weighted by Gasteiger charge is 2.04. The number of methoxy groups -OCH3 is 2. The fourth-order valence-electron chi connectivity index (χ4n) is 0.417. The Bertz CT molecular complexity index is 145. The standard InChI is InChI=1S/C6H12O2.C5H12O/c1-5(2)4-6(7)8-3;1-5(2,3)6-4/h5H,4H2,1-3H3;1-4H3. The van der Waals surface area contributed by atoms with Gasteiger partial charge in [0.25, 0.3) is 0 Å². The van der Waals surface area contributed by atoms with E-state index in [1.54, 1.807) is 7.11 Å². The lowest BCUT2D eigenvalue weighted by atomic mass is 10.1. The van der Waals surface area contributed by atoms with E-state index in [9.17, 15) is 4.79 Å². The SMILES string of the molecule is COC(=O)CC(C)C.COC(C)(C)C. The zero-order chi connectivity index (χ0) is 11.8. The molecule has 0 aromatic heterocycles. The van der Waals surface area contributed by atoms with Crippen LogP contribution in [0, 0.1) is 5.92 Å². The summed E-state index contributed by atoms with van der Waals surface area (Å²) in [6.45, 7) is 10.0. The Balaban J connectivity index is 0. The van der Waals surface area contributed by atoms with Crippen LogP contribution in [0.5, 0.6) is 0 Å².